The van der Waals surface area contributed by atoms with E-state index in [1.54, 1.807) is 0 Å². The molecule has 0 amide bonds. The van der Waals surface area contributed by atoms with Gasteiger partial charge in [0, 0.05) is 5.92 Å². The van der Waals surface area contributed by atoms with E-state index in [-0.39, 0.29) is 36.0 Å². The first-order valence-electron chi connectivity index (χ1n) is 6.99. The molecule has 0 aromatic heterocycles. The molecule has 0 spiro atoms. The summed E-state index contributed by atoms with van der Waals surface area (Å²) in [5.41, 5.74) is 4.26. The van der Waals surface area contributed by atoms with Gasteiger partial charge in [0.2, 0.25) is 0 Å². The molecule has 0 aliphatic heterocycles. The first-order chi connectivity index (χ1) is 10.4. The lowest BCUT2D eigenvalue weighted by atomic mass is 9.68. The summed E-state index contributed by atoms with van der Waals surface area (Å²) < 4.78 is 27.6. The Morgan fingerprint density at radius 3 is 2.68 bits per heavy atom. The van der Waals surface area contributed by atoms with Crippen LogP contribution in [0.4, 0.5) is 8.78 Å². The number of carbonyl (C=O) groups excluding carboxylic acids is 1. The van der Waals surface area contributed by atoms with Gasteiger partial charge < -0.3 is 10.6 Å². The van der Waals surface area contributed by atoms with E-state index in [1.807, 2.05) is 13.8 Å². The highest BCUT2D eigenvalue weighted by Crippen LogP contribution is 2.49. The predicted octanol–water partition coefficient (Wildman–Crippen LogP) is 3.48. The molecule has 7 heteroatoms. The quantitative estimate of drug-likeness (QED) is 0.302. The number of nitrogens with zero attached hydrogens (tertiary/aromatic N) is 1. The maximum atomic E-state index is 14.5. The van der Waals surface area contributed by atoms with Gasteiger partial charge in [-0.3, -0.25) is 0 Å². The number of alkyl halides is 2. The molecule has 2 N–H and O–H groups in total. The number of amidine groups is 1. The van der Waals surface area contributed by atoms with Gasteiger partial charge in [-0.1, -0.05) is 31.1 Å². The summed E-state index contributed by atoms with van der Waals surface area (Å²) in [6.07, 6.45) is 0.147. The van der Waals surface area contributed by atoms with Crippen molar-refractivity contribution in [2.24, 2.45) is 16.8 Å². The van der Waals surface area contributed by atoms with Crippen LogP contribution in [0.25, 0.3) is 0 Å². The van der Waals surface area contributed by atoms with Crippen molar-refractivity contribution in [1.82, 2.24) is 0 Å². The van der Waals surface area contributed by atoms with Crippen molar-refractivity contribution < 1.29 is 18.4 Å². The molecule has 0 heterocycles. The maximum Gasteiger partial charge on any atom is 0.349 e. The third-order valence-corrected chi connectivity index (χ3v) is 3.48. The van der Waals surface area contributed by atoms with Crippen LogP contribution in [0.2, 0.25) is 0 Å². The molecule has 2 rings (SSSR count). The van der Waals surface area contributed by atoms with Crippen LogP contribution >= 0.6 is 11.6 Å². The average Bonchev–Trinajstić information content (AvgIpc) is 2.51. The molecular formula is C15H19ClF2N2O2. The second-order valence-electron chi connectivity index (χ2n) is 4.69. The van der Waals surface area contributed by atoms with Crippen molar-refractivity contribution in [3.05, 3.63) is 35.6 Å². The van der Waals surface area contributed by atoms with Gasteiger partial charge in [-0.2, -0.15) is 0 Å². The van der Waals surface area contributed by atoms with Gasteiger partial charge in [0.25, 0.3) is 0 Å². The lowest BCUT2D eigenvalue weighted by Gasteiger charge is -2.41. The van der Waals surface area contributed by atoms with E-state index in [2.05, 4.69) is 9.99 Å². The Labute approximate surface area is 133 Å². The van der Waals surface area contributed by atoms with Crippen LogP contribution in [-0.2, 0) is 15.3 Å². The SMILES string of the molecule is CC.N/C(=N/OC(=O)CCl)C1CC(F)(c2cccc(F)c2)C1. The van der Waals surface area contributed by atoms with Gasteiger partial charge in [-0.25, -0.2) is 13.6 Å². The van der Waals surface area contributed by atoms with Gasteiger partial charge in [-0.05, 0) is 30.5 Å². The first kappa shape index (κ1) is 18.4. The molecule has 1 aromatic rings. The molecule has 1 aliphatic rings. The van der Waals surface area contributed by atoms with E-state index in [4.69, 9.17) is 17.3 Å². The number of hydrogen-bond donors (Lipinski definition) is 1. The van der Waals surface area contributed by atoms with Crippen molar-refractivity contribution in [1.29, 1.82) is 0 Å². The number of rotatable bonds is 4. The van der Waals surface area contributed by atoms with E-state index in [1.165, 1.54) is 18.2 Å². The molecule has 0 radical (unpaired) electrons. The third-order valence-electron chi connectivity index (χ3n) is 3.26. The minimum absolute atomic E-state index is 0.0353. The molecular weight excluding hydrogens is 314 g/mol. The molecule has 0 bridgehead atoms. The molecule has 0 unspecified atom stereocenters. The van der Waals surface area contributed by atoms with E-state index in [0.717, 1.165) is 6.07 Å². The van der Waals surface area contributed by atoms with Crippen molar-refractivity contribution in [3.63, 3.8) is 0 Å². The molecule has 0 saturated heterocycles. The van der Waals surface area contributed by atoms with Crippen LogP contribution < -0.4 is 5.73 Å². The summed E-state index contributed by atoms with van der Waals surface area (Å²) in [6, 6.07) is 5.40. The van der Waals surface area contributed by atoms with E-state index in [0.29, 0.717) is 0 Å². The second-order valence-corrected chi connectivity index (χ2v) is 4.96. The van der Waals surface area contributed by atoms with Gasteiger partial charge in [0.05, 0.1) is 0 Å². The Morgan fingerprint density at radius 1 is 1.50 bits per heavy atom. The lowest BCUT2D eigenvalue weighted by molar-refractivity contribution is -0.140. The van der Waals surface area contributed by atoms with Gasteiger partial charge >= 0.3 is 5.97 Å². The van der Waals surface area contributed by atoms with Gasteiger partial charge in [0.1, 0.15) is 23.2 Å². The van der Waals surface area contributed by atoms with E-state index in [9.17, 15) is 13.6 Å². The Morgan fingerprint density at radius 2 is 2.14 bits per heavy atom. The number of benzene rings is 1. The number of nitrogens with two attached hydrogens (primary N) is 1. The van der Waals surface area contributed by atoms with Crippen molar-refractivity contribution >= 4 is 23.4 Å². The molecule has 4 nitrogen and oxygen atoms in total. The van der Waals surface area contributed by atoms with Crippen LogP contribution in [-0.4, -0.2) is 17.7 Å². The van der Waals surface area contributed by atoms with Gasteiger partial charge in [-0.15, -0.1) is 11.6 Å². The highest BCUT2D eigenvalue weighted by Gasteiger charge is 2.48. The predicted molar refractivity (Wildman–Crippen MR) is 81.7 cm³/mol. The highest BCUT2D eigenvalue weighted by molar-refractivity contribution is 6.26. The van der Waals surface area contributed by atoms with Crippen molar-refractivity contribution in [2.75, 3.05) is 5.88 Å². The highest BCUT2D eigenvalue weighted by atomic mass is 35.5. The van der Waals surface area contributed by atoms with Crippen molar-refractivity contribution in [2.45, 2.75) is 32.4 Å². The fourth-order valence-corrected chi connectivity index (χ4v) is 2.18. The molecule has 1 fully saturated rings. The molecule has 122 valence electrons. The summed E-state index contributed by atoms with van der Waals surface area (Å²) in [5.74, 6) is -1.86. The minimum Gasteiger partial charge on any atom is -0.384 e. The molecule has 1 saturated carbocycles. The zero-order valence-corrected chi connectivity index (χ0v) is 13.2. The molecule has 1 aromatic carbocycles. The monoisotopic (exact) mass is 332 g/mol. The first-order valence-corrected chi connectivity index (χ1v) is 7.52. The summed E-state index contributed by atoms with van der Waals surface area (Å²) in [6.45, 7) is 4.00. The zero-order chi connectivity index (χ0) is 16.8. The Bertz CT molecular complexity index is 546. The van der Waals surface area contributed by atoms with Crippen LogP contribution in [0.1, 0.15) is 32.3 Å². The zero-order valence-electron chi connectivity index (χ0n) is 12.5. The van der Waals surface area contributed by atoms with E-state index < -0.39 is 17.5 Å². The number of carbonyl (C=O) groups is 1. The standard InChI is InChI=1S/C13H13ClF2N2O2.C2H6/c14-7-11(19)20-18-12(17)8-5-13(16,6-8)9-2-1-3-10(15)4-9;1-2/h1-4,8H,5-7H2,(H2,17,18);1-2H3. The lowest BCUT2D eigenvalue weighted by Crippen LogP contribution is -2.44. The average molecular weight is 333 g/mol. The molecule has 22 heavy (non-hydrogen) atoms. The summed E-state index contributed by atoms with van der Waals surface area (Å²) >= 11 is 5.22. The smallest absolute Gasteiger partial charge is 0.349 e. The third kappa shape index (κ3) is 4.40. The largest absolute Gasteiger partial charge is 0.384 e. The summed E-state index contributed by atoms with van der Waals surface area (Å²) in [4.78, 5) is 15.2. The Balaban J connectivity index is 0.00000116. The number of oxime groups is 1. The number of halogens is 3. The van der Waals surface area contributed by atoms with Crippen LogP contribution in [0.15, 0.2) is 29.4 Å². The summed E-state index contributed by atoms with van der Waals surface area (Å²) in [5, 5.41) is 3.41. The Hall–Kier alpha value is -1.69. The van der Waals surface area contributed by atoms with Crippen LogP contribution in [0.3, 0.4) is 0 Å². The van der Waals surface area contributed by atoms with Crippen LogP contribution in [0, 0.1) is 11.7 Å². The topological polar surface area (TPSA) is 64.7 Å². The van der Waals surface area contributed by atoms with E-state index >= 15 is 0 Å². The summed E-state index contributed by atoms with van der Waals surface area (Å²) in [7, 11) is 0. The second kappa shape index (κ2) is 8.08. The normalized spacial score (nSPS) is 23.9. The van der Waals surface area contributed by atoms with Crippen LogP contribution in [0.5, 0.6) is 0 Å². The number of hydrogen-bond acceptors (Lipinski definition) is 3. The Kier molecular flexibility index (Phi) is 6.74. The van der Waals surface area contributed by atoms with Crippen molar-refractivity contribution in [3.8, 4) is 0 Å². The fraction of sp³-hybridized carbons (Fsp3) is 0.467. The molecule has 1 aliphatic carbocycles. The van der Waals surface area contributed by atoms with Gasteiger partial charge in [0.15, 0.2) is 0 Å². The molecule has 0 atom stereocenters. The maximum absolute atomic E-state index is 14.5. The fourth-order valence-electron chi connectivity index (χ4n) is 2.14. The minimum atomic E-state index is -1.62.